The summed E-state index contributed by atoms with van der Waals surface area (Å²) in [7, 11) is 0. The Kier molecular flexibility index (Phi) is 2.52. The molecule has 0 spiro atoms. The van der Waals surface area contributed by atoms with Crippen molar-refractivity contribution in [3.05, 3.63) is 11.1 Å². The number of hydrogen-bond acceptors (Lipinski definition) is 2. The van der Waals surface area contributed by atoms with Gasteiger partial charge in [-0.15, -0.1) is 0 Å². The highest BCUT2D eigenvalue weighted by molar-refractivity contribution is 5.80. The lowest BCUT2D eigenvalue weighted by Crippen LogP contribution is -2.38. The number of ketones is 1. The fourth-order valence-corrected chi connectivity index (χ4v) is 5.69. The van der Waals surface area contributed by atoms with Crippen LogP contribution in [0, 0.1) is 23.7 Å². The number of Topliss-reactive ketones (excluding diaryl/α,β-unsaturated/α-hetero) is 1. The van der Waals surface area contributed by atoms with Crippen LogP contribution >= 0.6 is 0 Å². The quantitative estimate of drug-likeness (QED) is 0.679. The molecule has 4 rings (SSSR count). The van der Waals surface area contributed by atoms with E-state index in [0.717, 1.165) is 49.9 Å². The van der Waals surface area contributed by atoms with Crippen molar-refractivity contribution >= 4 is 5.78 Å². The van der Waals surface area contributed by atoms with Gasteiger partial charge in [0.1, 0.15) is 5.78 Å². The molecule has 0 aromatic carbocycles. The van der Waals surface area contributed by atoms with Crippen LogP contribution < -0.4 is 0 Å². The molecular weight excluding hydrogens is 236 g/mol. The summed E-state index contributed by atoms with van der Waals surface area (Å²) in [6, 6.07) is 0. The molecule has 0 aromatic rings. The van der Waals surface area contributed by atoms with Gasteiger partial charge in [-0.25, -0.2) is 0 Å². The minimum Gasteiger partial charge on any atom is -0.390 e. The molecule has 4 saturated carbocycles. The highest BCUT2D eigenvalue weighted by Crippen LogP contribution is 2.63. The van der Waals surface area contributed by atoms with E-state index in [9.17, 15) is 9.90 Å². The van der Waals surface area contributed by atoms with E-state index in [2.05, 4.69) is 6.92 Å². The number of carbonyl (C=O) groups is 1. The maximum atomic E-state index is 11.4. The van der Waals surface area contributed by atoms with E-state index in [1.54, 1.807) is 11.1 Å². The number of aliphatic hydroxyl groups is 1. The molecule has 5 atom stereocenters. The zero-order valence-corrected chi connectivity index (χ0v) is 11.8. The largest absolute Gasteiger partial charge is 0.390 e. The van der Waals surface area contributed by atoms with Gasteiger partial charge in [-0.1, -0.05) is 11.1 Å². The van der Waals surface area contributed by atoms with Crippen LogP contribution in [0.2, 0.25) is 0 Å². The summed E-state index contributed by atoms with van der Waals surface area (Å²) < 4.78 is 0. The summed E-state index contributed by atoms with van der Waals surface area (Å²) in [5.74, 6) is 3.36. The molecule has 0 radical (unpaired) electrons. The Balaban J connectivity index is 1.56. The second-order valence-corrected chi connectivity index (χ2v) is 7.65. The van der Waals surface area contributed by atoms with E-state index in [-0.39, 0.29) is 0 Å². The first-order valence-corrected chi connectivity index (χ1v) is 7.98. The van der Waals surface area contributed by atoms with Crippen molar-refractivity contribution in [3.63, 3.8) is 0 Å². The molecule has 4 aliphatic carbocycles. The first-order valence-electron chi connectivity index (χ1n) is 7.98. The van der Waals surface area contributed by atoms with Crippen LogP contribution in [0.15, 0.2) is 11.1 Å². The van der Waals surface area contributed by atoms with E-state index >= 15 is 0 Å². The van der Waals surface area contributed by atoms with Gasteiger partial charge in [-0.3, -0.25) is 4.79 Å². The second kappa shape index (κ2) is 3.94. The first kappa shape index (κ1) is 12.1. The number of rotatable bonds is 0. The van der Waals surface area contributed by atoms with Gasteiger partial charge in [0.25, 0.3) is 0 Å². The van der Waals surface area contributed by atoms with Gasteiger partial charge in [0.2, 0.25) is 0 Å². The van der Waals surface area contributed by atoms with Gasteiger partial charge in [0.05, 0.1) is 5.60 Å². The Morgan fingerprint density at radius 2 is 1.74 bits per heavy atom. The van der Waals surface area contributed by atoms with Crippen molar-refractivity contribution in [1.29, 1.82) is 0 Å². The molecule has 0 aromatic heterocycles. The first-order chi connectivity index (χ1) is 9.04. The third-order valence-electron chi connectivity index (χ3n) is 6.58. The Hall–Kier alpha value is -0.630. The molecule has 2 heteroatoms. The molecule has 0 heterocycles. The van der Waals surface area contributed by atoms with Crippen LogP contribution in [0.3, 0.4) is 0 Å². The Morgan fingerprint density at radius 3 is 2.47 bits per heavy atom. The number of fused-ring (bicyclic) bond motifs is 5. The molecule has 0 saturated heterocycles. The lowest BCUT2D eigenvalue weighted by molar-refractivity contribution is -0.119. The van der Waals surface area contributed by atoms with Crippen molar-refractivity contribution in [2.45, 2.75) is 63.9 Å². The van der Waals surface area contributed by atoms with Gasteiger partial charge in [-0.05, 0) is 69.1 Å². The number of allylic oxidation sites excluding steroid dienone is 2. The fraction of sp³-hybridized carbons (Fsp3) is 0.824. The molecular formula is C17H24O2. The lowest BCUT2D eigenvalue weighted by Gasteiger charge is -2.35. The zero-order chi connectivity index (χ0) is 13.2. The van der Waals surface area contributed by atoms with E-state index in [1.165, 1.54) is 19.3 Å². The van der Waals surface area contributed by atoms with Gasteiger partial charge >= 0.3 is 0 Å². The molecule has 104 valence electrons. The molecule has 1 N–H and O–H groups in total. The number of hydrogen-bond donors (Lipinski definition) is 1. The van der Waals surface area contributed by atoms with Crippen LogP contribution in [-0.2, 0) is 4.79 Å². The van der Waals surface area contributed by atoms with Crippen molar-refractivity contribution in [3.8, 4) is 0 Å². The third kappa shape index (κ3) is 1.75. The van der Waals surface area contributed by atoms with E-state index in [4.69, 9.17) is 0 Å². The molecule has 19 heavy (non-hydrogen) atoms. The predicted octanol–water partition coefficient (Wildman–Crippen LogP) is 3.24. The molecule has 4 fully saturated rings. The smallest absolute Gasteiger partial charge is 0.133 e. The normalized spacial score (nSPS) is 49.1. The monoisotopic (exact) mass is 260 g/mol. The summed E-state index contributed by atoms with van der Waals surface area (Å²) in [6.07, 6.45) is 8.41. The van der Waals surface area contributed by atoms with Gasteiger partial charge < -0.3 is 5.11 Å². The maximum Gasteiger partial charge on any atom is 0.133 e. The standard InChI is InChI=1S/C17H24O2/c1-17(19)9-12-8-16(17)15-7-11(6-14(12)15)10-2-4-13(18)5-3-10/h12,14-16,19H,2-9H2,1H3/t12-,14+,15+,16-,17+/m1/s1. The summed E-state index contributed by atoms with van der Waals surface area (Å²) >= 11 is 0. The summed E-state index contributed by atoms with van der Waals surface area (Å²) in [6.45, 7) is 2.05. The second-order valence-electron chi connectivity index (χ2n) is 7.65. The highest BCUT2D eigenvalue weighted by atomic mass is 16.3. The van der Waals surface area contributed by atoms with Crippen LogP contribution in [0.4, 0.5) is 0 Å². The molecule has 0 unspecified atom stereocenters. The summed E-state index contributed by atoms with van der Waals surface area (Å²) in [5, 5.41) is 10.5. The Morgan fingerprint density at radius 1 is 1.05 bits per heavy atom. The minimum absolute atomic E-state index is 0.394. The van der Waals surface area contributed by atoms with Crippen LogP contribution in [-0.4, -0.2) is 16.5 Å². The number of carbonyl (C=O) groups excluding carboxylic acids is 1. The minimum atomic E-state index is -0.394. The predicted molar refractivity (Wildman–Crippen MR) is 73.6 cm³/mol. The Labute approximate surface area is 115 Å². The van der Waals surface area contributed by atoms with Crippen molar-refractivity contribution < 1.29 is 9.90 Å². The molecule has 2 bridgehead atoms. The van der Waals surface area contributed by atoms with Crippen molar-refractivity contribution in [1.82, 2.24) is 0 Å². The molecule has 0 amide bonds. The van der Waals surface area contributed by atoms with Crippen LogP contribution in [0.5, 0.6) is 0 Å². The average Bonchev–Trinajstić information content (AvgIpc) is 2.98. The molecule has 2 nitrogen and oxygen atoms in total. The van der Waals surface area contributed by atoms with Crippen molar-refractivity contribution in [2.24, 2.45) is 23.7 Å². The van der Waals surface area contributed by atoms with Gasteiger partial charge in [0.15, 0.2) is 0 Å². The topological polar surface area (TPSA) is 37.3 Å². The van der Waals surface area contributed by atoms with Gasteiger partial charge in [0, 0.05) is 12.8 Å². The third-order valence-corrected chi connectivity index (χ3v) is 6.58. The van der Waals surface area contributed by atoms with E-state index in [0.29, 0.717) is 11.7 Å². The fourth-order valence-electron chi connectivity index (χ4n) is 5.69. The summed E-state index contributed by atoms with van der Waals surface area (Å²) in [5.41, 5.74) is 2.89. The Bertz CT molecular complexity index is 448. The van der Waals surface area contributed by atoms with E-state index < -0.39 is 5.60 Å². The average molecular weight is 260 g/mol. The highest BCUT2D eigenvalue weighted by Gasteiger charge is 2.59. The van der Waals surface area contributed by atoms with Crippen LogP contribution in [0.1, 0.15) is 58.3 Å². The van der Waals surface area contributed by atoms with Crippen LogP contribution in [0.25, 0.3) is 0 Å². The summed E-state index contributed by atoms with van der Waals surface area (Å²) in [4.78, 5) is 11.4. The zero-order valence-electron chi connectivity index (χ0n) is 11.8. The lowest BCUT2D eigenvalue weighted by atomic mass is 9.74. The maximum absolute atomic E-state index is 11.4. The molecule has 0 aliphatic heterocycles. The molecule has 4 aliphatic rings. The SMILES string of the molecule is C[C@]1(O)C[C@H]2C[C@@H]1[C@H]1CC(=C3CCC(=O)CC3)C[C@@H]21. The van der Waals surface area contributed by atoms with Crippen molar-refractivity contribution in [2.75, 3.05) is 0 Å². The van der Waals surface area contributed by atoms with E-state index in [1.807, 2.05) is 0 Å². The van der Waals surface area contributed by atoms with Gasteiger partial charge in [-0.2, -0.15) is 0 Å².